The van der Waals surface area contributed by atoms with Crippen molar-refractivity contribution in [3.05, 3.63) is 42.2 Å². The van der Waals surface area contributed by atoms with E-state index in [0.29, 0.717) is 11.4 Å². The smallest absolute Gasteiger partial charge is 0.194 e. The molecule has 0 bridgehead atoms. The summed E-state index contributed by atoms with van der Waals surface area (Å²) in [5, 5.41) is 10.4. The Balaban J connectivity index is 1.61. The maximum absolute atomic E-state index is 13.8. The number of hydrogen-bond donors (Lipinski definition) is 1. The van der Waals surface area contributed by atoms with Crippen molar-refractivity contribution in [1.82, 2.24) is 9.36 Å². The van der Waals surface area contributed by atoms with Gasteiger partial charge in [0.15, 0.2) is 23.1 Å². The second-order valence-corrected chi connectivity index (χ2v) is 6.92. The Kier molecular flexibility index (Phi) is 4.46. The first-order chi connectivity index (χ1) is 12.7. The Morgan fingerprint density at radius 2 is 1.85 bits per heavy atom. The maximum atomic E-state index is 13.8. The van der Waals surface area contributed by atoms with Gasteiger partial charge in [0.05, 0.1) is 7.11 Å². The van der Waals surface area contributed by atoms with Gasteiger partial charge in [-0.1, -0.05) is 0 Å². The Morgan fingerprint density at radius 1 is 1.12 bits per heavy atom. The number of aromatic nitrogens is 2. The van der Waals surface area contributed by atoms with Crippen LogP contribution in [-0.2, 0) is 0 Å². The number of aromatic hydroxyl groups is 1. The van der Waals surface area contributed by atoms with Crippen LogP contribution in [0.15, 0.2) is 36.4 Å². The zero-order chi connectivity index (χ0) is 18.1. The van der Waals surface area contributed by atoms with E-state index in [2.05, 4.69) is 26.4 Å². The van der Waals surface area contributed by atoms with E-state index in [1.54, 1.807) is 0 Å². The number of halogens is 1. The molecular formula is C19H18FN3O2S. The molecule has 1 N–H and O–H groups in total. The highest BCUT2D eigenvalue weighted by Gasteiger charge is 2.16. The van der Waals surface area contributed by atoms with Gasteiger partial charge in [-0.05, 0) is 60.8 Å². The second kappa shape index (κ2) is 6.92. The van der Waals surface area contributed by atoms with Crippen LogP contribution in [0.1, 0.15) is 12.8 Å². The Hall–Kier alpha value is -2.67. The maximum Gasteiger partial charge on any atom is 0.194 e. The van der Waals surface area contributed by atoms with E-state index >= 15 is 0 Å². The van der Waals surface area contributed by atoms with Crippen LogP contribution in [0, 0.1) is 5.82 Å². The molecule has 3 aromatic rings. The van der Waals surface area contributed by atoms with Gasteiger partial charge in [0.2, 0.25) is 0 Å². The van der Waals surface area contributed by atoms with Gasteiger partial charge in [0, 0.05) is 29.9 Å². The average Bonchev–Trinajstić information content (AvgIpc) is 3.36. The van der Waals surface area contributed by atoms with Gasteiger partial charge in [0.25, 0.3) is 0 Å². The largest absolute Gasteiger partial charge is 0.502 e. The van der Waals surface area contributed by atoms with Gasteiger partial charge >= 0.3 is 0 Å². The van der Waals surface area contributed by atoms with Crippen LogP contribution in [0.5, 0.6) is 11.5 Å². The third kappa shape index (κ3) is 3.10. The van der Waals surface area contributed by atoms with Crippen molar-refractivity contribution in [2.24, 2.45) is 0 Å². The lowest BCUT2D eigenvalue weighted by molar-refractivity contribution is 0.357. The fourth-order valence-electron chi connectivity index (χ4n) is 3.11. The van der Waals surface area contributed by atoms with Crippen LogP contribution in [0.2, 0.25) is 0 Å². The summed E-state index contributed by atoms with van der Waals surface area (Å²) in [5.74, 6) is -0.799. The quantitative estimate of drug-likeness (QED) is 0.740. The highest BCUT2D eigenvalue weighted by Crippen LogP contribution is 2.35. The molecule has 1 saturated heterocycles. The van der Waals surface area contributed by atoms with Gasteiger partial charge in [-0.15, -0.1) is 0 Å². The van der Waals surface area contributed by atoms with Crippen molar-refractivity contribution in [3.8, 4) is 33.5 Å². The third-order valence-corrected chi connectivity index (χ3v) is 5.28. The number of hydrogen-bond acceptors (Lipinski definition) is 6. The average molecular weight is 371 g/mol. The predicted octanol–water partition coefficient (Wildman–Crippen LogP) is 4.33. The van der Waals surface area contributed by atoms with Gasteiger partial charge in [-0.2, -0.15) is 4.37 Å². The normalized spacial score (nSPS) is 14.0. The molecule has 0 saturated carbocycles. The fraction of sp³-hybridized carbons (Fsp3) is 0.263. The number of benzene rings is 2. The van der Waals surface area contributed by atoms with Crippen LogP contribution in [-0.4, -0.2) is 34.7 Å². The van der Waals surface area contributed by atoms with Crippen molar-refractivity contribution < 1.29 is 14.2 Å². The fourth-order valence-corrected chi connectivity index (χ4v) is 3.79. The van der Waals surface area contributed by atoms with E-state index in [-0.39, 0.29) is 5.75 Å². The molecule has 1 aromatic heterocycles. The van der Waals surface area contributed by atoms with E-state index in [1.807, 2.05) is 12.1 Å². The molecule has 0 unspecified atom stereocenters. The zero-order valence-electron chi connectivity index (χ0n) is 14.3. The lowest BCUT2D eigenvalue weighted by Crippen LogP contribution is -2.17. The van der Waals surface area contributed by atoms with Crippen LogP contribution in [0.4, 0.5) is 10.1 Å². The standard InChI is InChI=1S/C19H18FN3O2S/c1-25-16-11-13(10-15(20)17(16)24)18-21-19(26-22-18)12-4-6-14(7-5-12)23-8-2-3-9-23/h4-7,10-11,24H,2-3,8-9H2,1H3. The molecule has 0 aliphatic carbocycles. The summed E-state index contributed by atoms with van der Waals surface area (Å²) in [6.45, 7) is 2.22. The molecular weight excluding hydrogens is 353 g/mol. The predicted molar refractivity (Wildman–Crippen MR) is 100 cm³/mol. The number of anilines is 1. The second-order valence-electron chi connectivity index (χ2n) is 6.17. The van der Waals surface area contributed by atoms with E-state index in [1.165, 1.54) is 49.3 Å². The van der Waals surface area contributed by atoms with Crippen molar-refractivity contribution in [1.29, 1.82) is 0 Å². The molecule has 0 atom stereocenters. The molecule has 134 valence electrons. The molecule has 2 aromatic carbocycles. The monoisotopic (exact) mass is 371 g/mol. The van der Waals surface area contributed by atoms with E-state index in [0.717, 1.165) is 23.7 Å². The minimum Gasteiger partial charge on any atom is -0.502 e. The van der Waals surface area contributed by atoms with Crippen LogP contribution < -0.4 is 9.64 Å². The molecule has 4 rings (SSSR count). The topological polar surface area (TPSA) is 58.5 Å². The number of rotatable bonds is 4. The summed E-state index contributed by atoms with van der Waals surface area (Å²) in [6.07, 6.45) is 2.49. The van der Waals surface area contributed by atoms with Crippen molar-refractivity contribution >= 4 is 17.2 Å². The highest BCUT2D eigenvalue weighted by molar-refractivity contribution is 7.09. The summed E-state index contributed by atoms with van der Waals surface area (Å²) in [5.41, 5.74) is 2.66. The Labute approximate surface area is 154 Å². The van der Waals surface area contributed by atoms with Crippen LogP contribution in [0.3, 0.4) is 0 Å². The lowest BCUT2D eigenvalue weighted by atomic mass is 10.1. The molecule has 0 amide bonds. The molecule has 26 heavy (non-hydrogen) atoms. The Morgan fingerprint density at radius 3 is 2.54 bits per heavy atom. The highest BCUT2D eigenvalue weighted by atomic mass is 32.1. The lowest BCUT2D eigenvalue weighted by Gasteiger charge is -2.17. The van der Waals surface area contributed by atoms with E-state index in [4.69, 9.17) is 4.74 Å². The summed E-state index contributed by atoms with van der Waals surface area (Å²) < 4.78 is 23.2. The first kappa shape index (κ1) is 16.8. The summed E-state index contributed by atoms with van der Waals surface area (Å²) in [7, 11) is 1.38. The molecule has 0 radical (unpaired) electrons. The summed E-state index contributed by atoms with van der Waals surface area (Å²) in [4.78, 5) is 6.89. The van der Waals surface area contributed by atoms with Crippen molar-refractivity contribution in [3.63, 3.8) is 0 Å². The van der Waals surface area contributed by atoms with Crippen LogP contribution >= 0.6 is 11.5 Å². The summed E-state index contributed by atoms with van der Waals surface area (Å²) >= 11 is 1.26. The SMILES string of the molecule is COc1cc(-c2nsc(-c3ccc(N4CCCC4)cc3)n2)cc(F)c1O. The molecule has 1 aliphatic heterocycles. The van der Waals surface area contributed by atoms with Crippen LogP contribution in [0.25, 0.3) is 22.0 Å². The number of phenolic OH excluding ortho intramolecular Hbond substituents is 1. The van der Waals surface area contributed by atoms with Crippen molar-refractivity contribution in [2.75, 3.05) is 25.1 Å². The zero-order valence-corrected chi connectivity index (χ0v) is 15.1. The summed E-state index contributed by atoms with van der Waals surface area (Å²) in [6, 6.07) is 11.0. The van der Waals surface area contributed by atoms with Gasteiger partial charge in [0.1, 0.15) is 5.01 Å². The molecule has 0 spiro atoms. The first-order valence-corrected chi connectivity index (χ1v) is 9.19. The molecule has 5 nitrogen and oxygen atoms in total. The Bertz CT molecular complexity index is 921. The number of methoxy groups -OCH3 is 1. The minimum absolute atomic E-state index is 0.0614. The molecule has 1 fully saturated rings. The van der Waals surface area contributed by atoms with Gasteiger partial charge in [-0.25, -0.2) is 9.37 Å². The molecule has 1 aliphatic rings. The number of phenols is 1. The number of ether oxygens (including phenoxy) is 1. The number of nitrogens with zero attached hydrogens (tertiary/aromatic N) is 3. The minimum atomic E-state index is -0.759. The first-order valence-electron chi connectivity index (χ1n) is 8.41. The molecule has 7 heteroatoms. The van der Waals surface area contributed by atoms with Gasteiger partial charge in [-0.3, -0.25) is 0 Å². The third-order valence-electron chi connectivity index (χ3n) is 4.52. The van der Waals surface area contributed by atoms with Crippen molar-refractivity contribution in [2.45, 2.75) is 12.8 Å². The van der Waals surface area contributed by atoms with E-state index < -0.39 is 11.6 Å². The van der Waals surface area contributed by atoms with Gasteiger partial charge < -0.3 is 14.7 Å². The van der Waals surface area contributed by atoms with E-state index in [9.17, 15) is 9.50 Å². The molecule has 2 heterocycles.